The van der Waals surface area contributed by atoms with Crippen molar-refractivity contribution in [1.29, 1.82) is 0 Å². The van der Waals surface area contributed by atoms with Gasteiger partial charge in [0, 0.05) is 30.0 Å². The van der Waals surface area contributed by atoms with E-state index in [1.54, 1.807) is 14.2 Å². The smallest absolute Gasteiger partial charge is 0.205 e. The van der Waals surface area contributed by atoms with Gasteiger partial charge in [-0.05, 0) is 55.5 Å². The second-order valence-corrected chi connectivity index (χ2v) is 8.02. The molecule has 9 nitrogen and oxygen atoms in total. The van der Waals surface area contributed by atoms with Gasteiger partial charge in [-0.2, -0.15) is 0 Å². The molecule has 36 heavy (non-hydrogen) atoms. The van der Waals surface area contributed by atoms with Gasteiger partial charge >= 0.3 is 0 Å². The Morgan fingerprint density at radius 3 is 1.94 bits per heavy atom. The second-order valence-electron chi connectivity index (χ2n) is 8.02. The molecule has 1 fully saturated rings. The largest absolute Gasteiger partial charge is 0.497 e. The van der Waals surface area contributed by atoms with Crippen molar-refractivity contribution in [3.63, 3.8) is 0 Å². The van der Waals surface area contributed by atoms with E-state index in [1.807, 2.05) is 69.3 Å². The summed E-state index contributed by atoms with van der Waals surface area (Å²) in [5.74, 6) is 3.89. The summed E-state index contributed by atoms with van der Waals surface area (Å²) in [5, 5.41) is 6.81. The van der Waals surface area contributed by atoms with Crippen molar-refractivity contribution >= 4 is 40.0 Å². The van der Waals surface area contributed by atoms with E-state index in [-0.39, 0.29) is 0 Å². The topological polar surface area (TPSA) is 96.6 Å². The average Bonchev–Trinajstić information content (AvgIpc) is 3.37. The van der Waals surface area contributed by atoms with Crippen molar-refractivity contribution < 1.29 is 14.2 Å². The normalized spacial score (nSPS) is 13.1. The summed E-state index contributed by atoms with van der Waals surface area (Å²) in [5.41, 5.74) is 4.56. The maximum atomic E-state index is 5.56. The van der Waals surface area contributed by atoms with Crippen LogP contribution in [0.5, 0.6) is 11.5 Å². The molecule has 0 saturated carbocycles. The molecule has 0 radical (unpaired) electrons. The zero-order valence-corrected chi connectivity index (χ0v) is 21.5. The van der Waals surface area contributed by atoms with Gasteiger partial charge in [0.25, 0.3) is 0 Å². The van der Waals surface area contributed by atoms with E-state index in [0.29, 0.717) is 19.2 Å². The van der Waals surface area contributed by atoms with Crippen LogP contribution in [0.3, 0.4) is 0 Å². The standard InChI is InChI=1S/C25H28N6O3.C2H6/c1-16-21-22(29-25(28-21)27-18-6-10-20(33-3)11-7-18)24(31-12-14-34-15-13-31)30-23(16)26-17-4-8-19(32-2)9-5-17;1-2/h4-11H,12-15H2,1-3H3,(H,26,30)(H2,27,28,29);1-2H3. The Bertz CT molecular complexity index is 1270. The monoisotopic (exact) mass is 490 g/mol. The van der Waals surface area contributed by atoms with Crippen LogP contribution in [0.25, 0.3) is 11.0 Å². The average molecular weight is 491 g/mol. The molecule has 0 aliphatic carbocycles. The maximum Gasteiger partial charge on any atom is 0.205 e. The van der Waals surface area contributed by atoms with Gasteiger partial charge in [0.1, 0.15) is 28.4 Å². The van der Waals surface area contributed by atoms with Gasteiger partial charge in [0.2, 0.25) is 5.95 Å². The number of nitrogens with one attached hydrogen (secondary N) is 3. The molecule has 5 rings (SSSR count). The Hall–Kier alpha value is -3.98. The molecule has 2 aromatic carbocycles. The van der Waals surface area contributed by atoms with Crippen LogP contribution < -0.4 is 25.0 Å². The summed E-state index contributed by atoms with van der Waals surface area (Å²) in [4.78, 5) is 15.6. The van der Waals surface area contributed by atoms with Crippen molar-refractivity contribution in [3.8, 4) is 11.5 Å². The number of rotatable bonds is 7. The van der Waals surface area contributed by atoms with Gasteiger partial charge in [-0.25, -0.2) is 9.97 Å². The predicted molar refractivity (Wildman–Crippen MR) is 146 cm³/mol. The number of aromatic nitrogens is 3. The molecule has 190 valence electrons. The number of morpholine rings is 1. The van der Waals surface area contributed by atoms with Gasteiger partial charge in [0.15, 0.2) is 5.82 Å². The van der Waals surface area contributed by atoms with E-state index in [2.05, 4.69) is 20.5 Å². The van der Waals surface area contributed by atoms with Crippen LogP contribution in [0.4, 0.5) is 29.0 Å². The fourth-order valence-electron chi connectivity index (χ4n) is 3.97. The van der Waals surface area contributed by atoms with Crippen molar-refractivity contribution in [2.24, 2.45) is 0 Å². The molecule has 9 heteroatoms. The number of aromatic amines is 1. The van der Waals surface area contributed by atoms with E-state index in [9.17, 15) is 0 Å². The third-order valence-electron chi connectivity index (χ3n) is 5.87. The fourth-order valence-corrected chi connectivity index (χ4v) is 3.97. The lowest BCUT2D eigenvalue weighted by molar-refractivity contribution is 0.122. The predicted octanol–water partition coefficient (Wildman–Crippen LogP) is 5.63. The van der Waals surface area contributed by atoms with Crippen LogP contribution >= 0.6 is 0 Å². The van der Waals surface area contributed by atoms with Gasteiger partial charge in [-0.15, -0.1) is 0 Å². The van der Waals surface area contributed by atoms with E-state index in [1.165, 1.54) is 0 Å². The highest BCUT2D eigenvalue weighted by atomic mass is 16.5. The second kappa shape index (κ2) is 11.6. The van der Waals surface area contributed by atoms with E-state index >= 15 is 0 Å². The maximum absolute atomic E-state index is 5.56. The van der Waals surface area contributed by atoms with Crippen LogP contribution in [0, 0.1) is 6.92 Å². The molecule has 0 spiro atoms. The van der Waals surface area contributed by atoms with E-state index in [0.717, 1.165) is 64.2 Å². The number of nitrogens with zero attached hydrogens (tertiary/aromatic N) is 3. The SMILES string of the molecule is CC.COc1ccc(Nc2nc3c(C)c(Nc4ccc(OC)cc4)nc(N4CCOCC4)c3[nH]2)cc1. The summed E-state index contributed by atoms with van der Waals surface area (Å²) in [6, 6.07) is 15.5. The minimum Gasteiger partial charge on any atom is -0.497 e. The number of methoxy groups -OCH3 is 2. The molecule has 0 bridgehead atoms. The van der Waals surface area contributed by atoms with Gasteiger partial charge < -0.3 is 34.7 Å². The van der Waals surface area contributed by atoms with Crippen LogP contribution in [0.15, 0.2) is 48.5 Å². The Kier molecular flexibility index (Phi) is 8.12. The van der Waals surface area contributed by atoms with Crippen molar-refractivity contribution in [3.05, 3.63) is 54.1 Å². The minimum absolute atomic E-state index is 0.654. The Morgan fingerprint density at radius 1 is 0.833 bits per heavy atom. The molecule has 1 aliphatic rings. The summed E-state index contributed by atoms with van der Waals surface area (Å²) in [6.07, 6.45) is 0. The Balaban J connectivity index is 0.00000148. The highest BCUT2D eigenvalue weighted by Crippen LogP contribution is 2.34. The van der Waals surface area contributed by atoms with Gasteiger partial charge in [-0.3, -0.25) is 0 Å². The molecular formula is C27H34N6O3. The summed E-state index contributed by atoms with van der Waals surface area (Å²) >= 11 is 0. The highest BCUT2D eigenvalue weighted by molar-refractivity contribution is 5.94. The molecule has 0 unspecified atom stereocenters. The van der Waals surface area contributed by atoms with Crippen molar-refractivity contribution in [2.75, 3.05) is 56.1 Å². The zero-order valence-electron chi connectivity index (χ0n) is 21.5. The molecule has 3 heterocycles. The van der Waals surface area contributed by atoms with Crippen LogP contribution in [0.1, 0.15) is 19.4 Å². The first kappa shape index (κ1) is 25.1. The van der Waals surface area contributed by atoms with E-state index in [4.69, 9.17) is 24.2 Å². The van der Waals surface area contributed by atoms with Gasteiger partial charge in [-0.1, -0.05) is 13.8 Å². The number of imidazole rings is 1. The van der Waals surface area contributed by atoms with Crippen LogP contribution in [-0.4, -0.2) is 55.5 Å². The number of H-pyrrole nitrogens is 1. The number of aryl methyl sites for hydroxylation is 1. The number of anilines is 5. The summed E-state index contributed by atoms with van der Waals surface area (Å²) in [7, 11) is 3.31. The molecule has 0 amide bonds. The van der Waals surface area contributed by atoms with Gasteiger partial charge in [0.05, 0.1) is 27.4 Å². The Labute approximate surface area is 211 Å². The van der Waals surface area contributed by atoms with Crippen LogP contribution in [-0.2, 0) is 4.74 Å². The lowest BCUT2D eigenvalue weighted by atomic mass is 10.2. The number of hydrogen-bond donors (Lipinski definition) is 3. The van der Waals surface area contributed by atoms with Crippen molar-refractivity contribution in [2.45, 2.75) is 20.8 Å². The van der Waals surface area contributed by atoms with Crippen LogP contribution in [0.2, 0.25) is 0 Å². The molecule has 4 aromatic rings. The number of hydrogen-bond acceptors (Lipinski definition) is 8. The number of pyridine rings is 1. The number of ether oxygens (including phenoxy) is 3. The first-order valence-corrected chi connectivity index (χ1v) is 12.2. The highest BCUT2D eigenvalue weighted by Gasteiger charge is 2.22. The number of benzene rings is 2. The first-order valence-electron chi connectivity index (χ1n) is 12.2. The molecule has 3 N–H and O–H groups in total. The molecular weight excluding hydrogens is 456 g/mol. The lowest BCUT2D eigenvalue weighted by Gasteiger charge is -2.28. The quantitative estimate of drug-likeness (QED) is 0.307. The molecule has 1 aliphatic heterocycles. The summed E-state index contributed by atoms with van der Waals surface area (Å²) in [6.45, 7) is 8.91. The molecule has 0 atom stereocenters. The molecule has 2 aromatic heterocycles. The Morgan fingerprint density at radius 2 is 1.39 bits per heavy atom. The first-order chi connectivity index (χ1) is 17.6. The zero-order chi connectivity index (χ0) is 25.5. The molecule has 1 saturated heterocycles. The lowest BCUT2D eigenvalue weighted by Crippen LogP contribution is -2.37. The third kappa shape index (κ3) is 5.46. The van der Waals surface area contributed by atoms with Crippen molar-refractivity contribution in [1.82, 2.24) is 15.0 Å². The minimum atomic E-state index is 0.654. The fraction of sp³-hybridized carbons (Fsp3) is 0.333. The third-order valence-corrected chi connectivity index (χ3v) is 5.87. The number of fused-ring (bicyclic) bond motifs is 1. The van der Waals surface area contributed by atoms with E-state index < -0.39 is 0 Å². The summed E-state index contributed by atoms with van der Waals surface area (Å²) < 4.78 is 16.1.